The first-order valence-corrected chi connectivity index (χ1v) is 7.56. The van der Waals surface area contributed by atoms with Gasteiger partial charge in [-0.15, -0.1) is 0 Å². The van der Waals surface area contributed by atoms with Gasteiger partial charge in [-0.1, -0.05) is 25.4 Å². The predicted molar refractivity (Wildman–Crippen MR) is 86.8 cm³/mol. The fourth-order valence-corrected chi connectivity index (χ4v) is 2.81. The van der Waals surface area contributed by atoms with Crippen molar-refractivity contribution in [2.24, 2.45) is 5.41 Å². The topological polar surface area (TPSA) is 55.4 Å². The van der Waals surface area contributed by atoms with Crippen molar-refractivity contribution in [3.05, 3.63) is 40.6 Å². The van der Waals surface area contributed by atoms with Gasteiger partial charge in [0.2, 0.25) is 0 Å². The van der Waals surface area contributed by atoms with Gasteiger partial charge >= 0.3 is 0 Å². The summed E-state index contributed by atoms with van der Waals surface area (Å²) >= 11 is 5.79. The van der Waals surface area contributed by atoms with Gasteiger partial charge in [-0.25, -0.2) is 0 Å². The molecule has 0 saturated carbocycles. The Kier molecular flexibility index (Phi) is 4.91. The summed E-state index contributed by atoms with van der Waals surface area (Å²) in [4.78, 5) is 24.0. The first-order valence-electron chi connectivity index (χ1n) is 7.18. The Balaban J connectivity index is 1.93. The van der Waals surface area contributed by atoms with Crippen LogP contribution in [0.4, 0.5) is 5.69 Å². The summed E-state index contributed by atoms with van der Waals surface area (Å²) in [5, 5.41) is 3.30. The van der Waals surface area contributed by atoms with E-state index < -0.39 is 0 Å². The van der Waals surface area contributed by atoms with Gasteiger partial charge in [0, 0.05) is 17.1 Å². The van der Waals surface area contributed by atoms with Crippen LogP contribution in [0.25, 0.3) is 0 Å². The molecule has 1 aliphatic carbocycles. The number of hydrogen-bond acceptors (Lipinski definition) is 3. The predicted octanol–water partition coefficient (Wildman–Crippen LogP) is 3.96. The Hall–Kier alpha value is -1.81. The van der Waals surface area contributed by atoms with Crippen LogP contribution >= 0.6 is 11.6 Å². The van der Waals surface area contributed by atoms with Crippen LogP contribution in [0.2, 0.25) is 5.02 Å². The summed E-state index contributed by atoms with van der Waals surface area (Å²) in [5.74, 6) is -0.00104. The molecule has 0 atom stereocenters. The lowest BCUT2D eigenvalue weighted by Gasteiger charge is -2.30. The normalized spacial score (nSPS) is 17.4. The number of allylic oxidation sites excluding steroid dienone is 2. The second-order valence-electron chi connectivity index (χ2n) is 6.39. The van der Waals surface area contributed by atoms with Gasteiger partial charge in [0.25, 0.3) is 5.91 Å². The maximum atomic E-state index is 12.1. The Bertz CT molecular complexity index is 617. The Morgan fingerprint density at radius 2 is 1.91 bits per heavy atom. The van der Waals surface area contributed by atoms with Crippen LogP contribution in [0.15, 0.2) is 35.6 Å². The lowest BCUT2D eigenvalue weighted by molar-refractivity contribution is -0.124. The molecular formula is C17H20ClNO3. The molecule has 1 amide bonds. The van der Waals surface area contributed by atoms with E-state index in [1.165, 1.54) is 0 Å². The van der Waals surface area contributed by atoms with Crippen LogP contribution in [0, 0.1) is 5.41 Å². The summed E-state index contributed by atoms with van der Waals surface area (Å²) < 4.78 is 5.45. The zero-order valence-corrected chi connectivity index (χ0v) is 13.8. The molecule has 0 saturated heterocycles. The Labute approximate surface area is 135 Å². The van der Waals surface area contributed by atoms with Crippen molar-refractivity contribution in [1.29, 1.82) is 0 Å². The van der Waals surface area contributed by atoms with Crippen LogP contribution in [0.3, 0.4) is 0 Å². The number of halogens is 1. The summed E-state index contributed by atoms with van der Waals surface area (Å²) in [6.45, 7) is 5.81. The van der Waals surface area contributed by atoms with E-state index in [1.54, 1.807) is 24.3 Å². The fraction of sp³-hybridized carbons (Fsp3) is 0.412. The molecule has 118 valence electrons. The summed E-state index contributed by atoms with van der Waals surface area (Å²) in [7, 11) is 0. The molecule has 1 aromatic rings. The average molecular weight is 322 g/mol. The molecule has 0 unspecified atom stereocenters. The van der Waals surface area contributed by atoms with E-state index in [2.05, 4.69) is 19.2 Å². The number of amides is 1. The number of ketones is 1. The molecule has 2 rings (SSSR count). The molecule has 22 heavy (non-hydrogen) atoms. The quantitative estimate of drug-likeness (QED) is 0.913. The third-order valence-electron chi connectivity index (χ3n) is 3.50. The number of ether oxygens (including phenoxy) is 1. The minimum Gasteiger partial charge on any atom is -0.480 e. The molecule has 1 aromatic carbocycles. The molecule has 0 aromatic heterocycles. The molecule has 5 heteroatoms. The monoisotopic (exact) mass is 321 g/mol. The molecule has 1 N–H and O–H groups in total. The smallest absolute Gasteiger partial charge is 0.262 e. The largest absolute Gasteiger partial charge is 0.480 e. The zero-order chi connectivity index (χ0) is 16.3. The summed E-state index contributed by atoms with van der Waals surface area (Å²) in [6.07, 6.45) is 1.24. The summed E-state index contributed by atoms with van der Waals surface area (Å²) in [5.41, 5.74) is 1.50. The Morgan fingerprint density at radius 3 is 2.50 bits per heavy atom. The highest BCUT2D eigenvalue weighted by molar-refractivity contribution is 6.30. The number of benzene rings is 1. The van der Waals surface area contributed by atoms with Crippen molar-refractivity contribution in [2.75, 3.05) is 11.9 Å². The van der Waals surface area contributed by atoms with Crippen LogP contribution in [0.1, 0.15) is 33.6 Å². The number of anilines is 1. The van der Waals surface area contributed by atoms with E-state index in [0.29, 0.717) is 22.9 Å². The molecule has 4 nitrogen and oxygen atoms in total. The fourth-order valence-electron chi connectivity index (χ4n) is 2.69. The number of Topliss-reactive ketones (excluding diaryl/α,β-unsaturated/α-hetero) is 1. The third kappa shape index (κ3) is 4.34. The second kappa shape index (κ2) is 6.53. The van der Waals surface area contributed by atoms with E-state index in [9.17, 15) is 9.59 Å². The minimum atomic E-state index is -0.305. The van der Waals surface area contributed by atoms with Crippen LogP contribution in [-0.4, -0.2) is 18.3 Å². The molecule has 0 heterocycles. The van der Waals surface area contributed by atoms with E-state index >= 15 is 0 Å². The van der Waals surface area contributed by atoms with Crippen molar-refractivity contribution < 1.29 is 14.3 Å². The van der Waals surface area contributed by atoms with Gasteiger partial charge in [0.1, 0.15) is 0 Å². The van der Waals surface area contributed by atoms with Gasteiger partial charge in [-0.2, -0.15) is 0 Å². The van der Waals surface area contributed by atoms with E-state index in [-0.39, 0.29) is 23.7 Å². The van der Waals surface area contributed by atoms with E-state index in [1.807, 2.05) is 6.92 Å². The van der Waals surface area contributed by atoms with Crippen LogP contribution < -0.4 is 5.32 Å². The molecule has 0 aliphatic heterocycles. The first kappa shape index (κ1) is 16.6. The van der Waals surface area contributed by atoms with Crippen molar-refractivity contribution in [1.82, 2.24) is 0 Å². The van der Waals surface area contributed by atoms with Crippen molar-refractivity contribution in [3.8, 4) is 0 Å². The minimum absolute atomic E-state index is 0.0342. The molecule has 0 spiro atoms. The highest BCUT2D eigenvalue weighted by Gasteiger charge is 2.32. The third-order valence-corrected chi connectivity index (χ3v) is 3.75. The Morgan fingerprint density at radius 1 is 1.27 bits per heavy atom. The summed E-state index contributed by atoms with van der Waals surface area (Å²) in [6, 6.07) is 6.80. The zero-order valence-electron chi connectivity index (χ0n) is 13.0. The van der Waals surface area contributed by atoms with Gasteiger partial charge in [0.15, 0.2) is 18.1 Å². The van der Waals surface area contributed by atoms with Gasteiger partial charge in [0.05, 0.1) is 0 Å². The number of hydrogen-bond donors (Lipinski definition) is 1. The highest BCUT2D eigenvalue weighted by atomic mass is 35.5. The SMILES string of the molecule is CC1=C(OCC(=O)Nc2ccc(Cl)cc2)C(=O)CC(C)(C)C1. The first-order chi connectivity index (χ1) is 10.3. The molecule has 0 bridgehead atoms. The number of carbonyl (C=O) groups is 2. The number of carbonyl (C=O) groups excluding carboxylic acids is 2. The second-order valence-corrected chi connectivity index (χ2v) is 6.83. The maximum absolute atomic E-state index is 12.1. The van der Waals surface area contributed by atoms with E-state index in [4.69, 9.17) is 16.3 Å². The van der Waals surface area contributed by atoms with E-state index in [0.717, 1.165) is 12.0 Å². The van der Waals surface area contributed by atoms with Crippen molar-refractivity contribution >= 4 is 29.0 Å². The number of nitrogens with one attached hydrogen (secondary N) is 1. The van der Waals surface area contributed by atoms with Crippen LogP contribution in [0.5, 0.6) is 0 Å². The molecule has 1 aliphatic rings. The van der Waals surface area contributed by atoms with Crippen LogP contribution in [-0.2, 0) is 14.3 Å². The number of rotatable bonds is 4. The van der Waals surface area contributed by atoms with Crippen molar-refractivity contribution in [3.63, 3.8) is 0 Å². The average Bonchev–Trinajstić information content (AvgIpc) is 2.39. The molecular weight excluding hydrogens is 302 g/mol. The van der Waals surface area contributed by atoms with Gasteiger partial charge in [-0.3, -0.25) is 9.59 Å². The molecule has 0 radical (unpaired) electrons. The van der Waals surface area contributed by atoms with Crippen molar-refractivity contribution in [2.45, 2.75) is 33.6 Å². The maximum Gasteiger partial charge on any atom is 0.262 e. The van der Waals surface area contributed by atoms with Gasteiger partial charge in [-0.05, 0) is 48.6 Å². The van der Waals surface area contributed by atoms with Gasteiger partial charge < -0.3 is 10.1 Å². The molecule has 0 fully saturated rings. The lowest BCUT2D eigenvalue weighted by atomic mass is 9.76. The standard InChI is InChI=1S/C17H20ClNO3/c1-11-8-17(2,3)9-14(20)16(11)22-10-15(21)19-13-6-4-12(18)5-7-13/h4-7H,8-10H2,1-3H3,(H,19,21). The lowest BCUT2D eigenvalue weighted by Crippen LogP contribution is -2.28. The highest BCUT2D eigenvalue weighted by Crippen LogP contribution is 2.36.